The van der Waals surface area contributed by atoms with Gasteiger partial charge in [-0.05, 0) is 69.1 Å². The quantitative estimate of drug-likeness (QED) is 0.105. The van der Waals surface area contributed by atoms with Crippen LogP contribution in [-0.2, 0) is 28.9 Å². The van der Waals surface area contributed by atoms with Gasteiger partial charge in [0.1, 0.15) is 6.04 Å². The second-order valence-corrected chi connectivity index (χ2v) is 13.7. The fraction of sp³-hybridized carbons (Fsp3) is 1.00. The topological polar surface area (TPSA) is 177 Å². The third-order valence-corrected chi connectivity index (χ3v) is 11.5. The molecule has 0 bridgehead atoms. The first-order valence-electron chi connectivity index (χ1n) is 12.1. The Hall–Kier alpha value is -0.0700. The molecule has 0 spiro atoms. The summed E-state index contributed by atoms with van der Waals surface area (Å²) in [5.74, 6) is 0.344. The van der Waals surface area contributed by atoms with Gasteiger partial charge in [-0.2, -0.15) is 18.6 Å². The molecule has 4 fully saturated rings. The molecule has 202 valence electrons. The molecule has 0 aromatic carbocycles. The van der Waals surface area contributed by atoms with Crippen LogP contribution in [-0.4, -0.2) is 62.5 Å². The van der Waals surface area contributed by atoms with Crippen LogP contribution in [0.1, 0.15) is 64.2 Å². The Balaban J connectivity index is 1.51. The molecule has 0 radical (unpaired) electrons. The third-order valence-electron chi connectivity index (χ3n) is 8.41. The second-order valence-electron chi connectivity index (χ2n) is 10.1. The number of aliphatic hydroxyl groups is 1. The monoisotopic (exact) mass is 558 g/mol. The normalized spacial score (nSPS) is 42.5. The highest BCUT2D eigenvalue weighted by atomic mass is 32.2. The molecule has 0 heterocycles. The maximum atomic E-state index is 11.9. The molecule has 0 aliphatic heterocycles. The van der Waals surface area contributed by atoms with Crippen molar-refractivity contribution in [2.45, 2.75) is 98.1 Å². The van der Waals surface area contributed by atoms with Crippen LogP contribution in [0.3, 0.4) is 0 Å². The highest BCUT2D eigenvalue weighted by Crippen LogP contribution is 2.49. The van der Waals surface area contributed by atoms with E-state index >= 15 is 0 Å². The highest BCUT2D eigenvalue weighted by Gasteiger charge is 2.51. The minimum atomic E-state index is -4.25. The number of nitrogens with zero attached hydrogens (tertiary/aromatic N) is 2. The van der Waals surface area contributed by atoms with Crippen molar-refractivity contribution in [2.75, 3.05) is 0 Å². The van der Waals surface area contributed by atoms with Crippen LogP contribution in [0.2, 0.25) is 0 Å². The molecule has 0 aromatic rings. The maximum absolute atomic E-state index is 11.9. The molecule has 4 saturated carbocycles. The fourth-order valence-electron chi connectivity index (χ4n) is 6.88. The maximum Gasteiger partial charge on any atom is 0.267 e. The lowest BCUT2D eigenvalue weighted by atomic mass is 9.67. The highest BCUT2D eigenvalue weighted by molar-refractivity contribution is 7.95. The zero-order chi connectivity index (χ0) is 25.0. The summed E-state index contributed by atoms with van der Waals surface area (Å²) < 4.78 is 42.9. The van der Waals surface area contributed by atoms with Crippen molar-refractivity contribution in [3.63, 3.8) is 0 Å². The van der Waals surface area contributed by atoms with Gasteiger partial charge in [-0.1, -0.05) is 22.9 Å². The van der Waals surface area contributed by atoms with E-state index in [9.17, 15) is 18.1 Å². The Bertz CT molecular complexity index is 821. The molecule has 0 aromatic heterocycles. The predicted molar refractivity (Wildman–Crippen MR) is 126 cm³/mol. The van der Waals surface area contributed by atoms with E-state index < -0.39 is 32.8 Å². The average molecular weight is 559 g/mol. The van der Waals surface area contributed by atoms with E-state index in [-0.39, 0.29) is 36.0 Å². The molecule has 4 aliphatic rings. The van der Waals surface area contributed by atoms with Crippen LogP contribution in [0, 0.1) is 23.7 Å². The summed E-state index contributed by atoms with van der Waals surface area (Å²) in [6, 6.07) is -0.534. The lowest BCUT2D eigenvalue weighted by Gasteiger charge is -2.47. The Morgan fingerprint density at radius 1 is 0.800 bits per heavy atom. The van der Waals surface area contributed by atoms with Gasteiger partial charge in [0.05, 0.1) is 17.4 Å². The number of hydrogen-bond donors (Lipinski definition) is 4. The summed E-state index contributed by atoms with van der Waals surface area (Å²) >= 11 is 1.94. The summed E-state index contributed by atoms with van der Waals surface area (Å²) in [6.07, 6.45) is 6.67. The predicted octanol–water partition coefficient (Wildman–Crippen LogP) is 4.09. The molecule has 4 aliphatic carbocycles. The molecule has 4 rings (SSSR count). The number of hydrogen-bond acceptors (Lipinski definition) is 13. The van der Waals surface area contributed by atoms with Crippen LogP contribution in [0.5, 0.6) is 0 Å². The van der Waals surface area contributed by atoms with E-state index in [1.807, 2.05) is 0 Å². The molecule has 35 heavy (non-hydrogen) atoms. The Morgan fingerprint density at radius 3 is 2.17 bits per heavy atom. The number of aliphatic hydroxyl groups excluding tert-OH is 1. The van der Waals surface area contributed by atoms with Crippen LogP contribution in [0.15, 0.2) is 10.2 Å². The summed E-state index contributed by atoms with van der Waals surface area (Å²) in [6.45, 7) is 0. The summed E-state index contributed by atoms with van der Waals surface area (Å²) in [5, 5.41) is 43.9. The number of fused-ring (bicyclic) bond motifs is 2. The van der Waals surface area contributed by atoms with Gasteiger partial charge in [0.2, 0.25) is 0 Å². The van der Waals surface area contributed by atoms with Crippen LogP contribution in [0.4, 0.5) is 0 Å². The molecule has 4 N–H and O–H groups in total. The van der Waals surface area contributed by atoms with Crippen molar-refractivity contribution in [3.8, 4) is 0 Å². The summed E-state index contributed by atoms with van der Waals surface area (Å²) in [7, 11) is -4.25. The Labute approximate surface area is 213 Å². The first kappa shape index (κ1) is 28.0. The smallest absolute Gasteiger partial charge is 0.267 e. The summed E-state index contributed by atoms with van der Waals surface area (Å²) in [4.78, 5) is 0. The minimum Gasteiger partial charge on any atom is -0.391 e. The molecule has 10 atom stereocenters. The van der Waals surface area contributed by atoms with E-state index in [0.29, 0.717) is 24.7 Å². The van der Waals surface area contributed by atoms with Crippen molar-refractivity contribution in [3.05, 3.63) is 0 Å². The van der Waals surface area contributed by atoms with E-state index in [1.54, 1.807) is 0 Å². The zero-order valence-electron chi connectivity index (χ0n) is 19.2. The molecule has 15 heteroatoms. The molecule has 12 nitrogen and oxygen atoms in total. The number of rotatable bonds is 9. The van der Waals surface area contributed by atoms with E-state index in [0.717, 1.165) is 62.6 Å². The Kier molecular flexibility index (Phi) is 10.1. The third kappa shape index (κ3) is 6.69. The number of azo groups is 1. The van der Waals surface area contributed by atoms with E-state index in [2.05, 4.69) is 19.5 Å². The van der Waals surface area contributed by atoms with Gasteiger partial charge in [0.25, 0.3) is 10.1 Å². The van der Waals surface area contributed by atoms with E-state index in [4.69, 9.17) is 20.0 Å². The van der Waals surface area contributed by atoms with E-state index in [1.165, 1.54) is 0 Å². The lowest BCUT2D eigenvalue weighted by molar-refractivity contribution is -0.432. The second kappa shape index (κ2) is 12.7. The van der Waals surface area contributed by atoms with Gasteiger partial charge < -0.3 is 5.11 Å². The minimum absolute atomic E-state index is 0.0112. The first-order chi connectivity index (χ1) is 16.8. The largest absolute Gasteiger partial charge is 0.391 e. The van der Waals surface area contributed by atoms with Gasteiger partial charge in [-0.3, -0.25) is 4.55 Å². The van der Waals surface area contributed by atoms with Crippen LogP contribution < -0.4 is 0 Å². The molecule has 0 saturated heterocycles. The van der Waals surface area contributed by atoms with Gasteiger partial charge in [0, 0.05) is 40.5 Å². The molecular formula is C20H34N2O10S3. The molecular weight excluding hydrogens is 524 g/mol. The Morgan fingerprint density at radius 2 is 1.49 bits per heavy atom. The van der Waals surface area contributed by atoms with Crippen molar-refractivity contribution in [2.24, 2.45) is 33.9 Å². The van der Waals surface area contributed by atoms with Crippen LogP contribution >= 0.6 is 24.1 Å². The zero-order valence-corrected chi connectivity index (χ0v) is 21.7. The molecule has 0 amide bonds. The fourth-order valence-corrected chi connectivity index (χ4v) is 9.76. The average Bonchev–Trinajstić information content (AvgIpc) is 2.85. The van der Waals surface area contributed by atoms with Gasteiger partial charge >= 0.3 is 0 Å². The SMILES string of the molecule is O=S(=O)(O)C1CC2CCC(O)C(N=NC3CCC(SOOO)C4CCCCC34)C2C(SOOO)C1. The van der Waals surface area contributed by atoms with Gasteiger partial charge in [-0.25, -0.2) is 10.5 Å². The molecule has 10 unspecified atom stereocenters. The van der Waals surface area contributed by atoms with Crippen molar-refractivity contribution in [1.29, 1.82) is 0 Å². The van der Waals surface area contributed by atoms with Crippen molar-refractivity contribution >= 4 is 34.2 Å². The van der Waals surface area contributed by atoms with Crippen molar-refractivity contribution < 1.29 is 47.3 Å². The lowest BCUT2D eigenvalue weighted by Crippen LogP contribution is -2.51. The van der Waals surface area contributed by atoms with Gasteiger partial charge in [0.15, 0.2) is 0 Å². The van der Waals surface area contributed by atoms with Crippen LogP contribution in [0.25, 0.3) is 0 Å². The summed E-state index contributed by atoms with van der Waals surface area (Å²) in [5.41, 5.74) is 0. The van der Waals surface area contributed by atoms with Crippen molar-refractivity contribution in [1.82, 2.24) is 0 Å². The first-order valence-corrected chi connectivity index (χ1v) is 15.3. The standard InChI is InChI=1S/C20H34N2O10S3/c23-16-7-5-11-9-12(35(26,27)28)10-18(34-32-30-25)19(11)20(16)22-21-15-6-8-17(33-31-29-24)14-4-2-1-3-13(14)15/h11-20,23-25H,1-10H2,(H,26,27,28). The van der Waals surface area contributed by atoms with Gasteiger partial charge in [-0.15, -0.1) is 8.67 Å².